The summed E-state index contributed by atoms with van der Waals surface area (Å²) in [6.45, 7) is -2.94. The Morgan fingerprint density at radius 3 is 0.628 bits per heavy atom. The van der Waals surface area contributed by atoms with Crippen molar-refractivity contribution in [3.63, 3.8) is 0 Å². The highest BCUT2D eigenvalue weighted by Gasteiger charge is 2.61. The van der Waals surface area contributed by atoms with Gasteiger partial charge in [-0.25, -0.2) is 47.9 Å². The predicted molar refractivity (Wildman–Crippen MR) is 427 cm³/mol. The van der Waals surface area contributed by atoms with Gasteiger partial charge < -0.3 is 75.8 Å². The minimum Gasteiger partial charge on any atom is -0.459 e. The highest BCUT2D eigenvalue weighted by atomic mass is 16.8. The lowest BCUT2D eigenvalue weighted by Gasteiger charge is -2.50. The van der Waals surface area contributed by atoms with Crippen LogP contribution in [0.4, 0.5) is 0 Å². The molecule has 3 aliphatic heterocycles. The number of carbonyl (C=O) groups is 10. The molecule has 0 unspecified atom stereocenters. The summed E-state index contributed by atoms with van der Waals surface area (Å²) in [5, 5.41) is 0. The summed E-state index contributed by atoms with van der Waals surface area (Å²) in [6.07, 6.45) is -31.5. The molecule has 0 aliphatic carbocycles. The Kier molecular flexibility index (Phi) is 28.1. The van der Waals surface area contributed by atoms with Crippen LogP contribution in [0.25, 0.3) is 0 Å². The molecule has 0 aromatic heterocycles. The van der Waals surface area contributed by atoms with Crippen molar-refractivity contribution in [1.29, 1.82) is 0 Å². The standard InChI is InChI=1S/C95H78O26/c96-83(61-36-14-2-15-37-61)106-57-71-75(114-87(100)65-44-22-6-23-45-65)78(80(117-90(103)68-50-28-9-29-51-68)93(110-71)109-56-60-34-12-1-13-35-60)120-95-82(119-92(105)70-54-32-11-33-55-70)79(76(115-88(101)66-46-24-7-25-47-66)73(112-95)59-108-85(98)63-40-18-4-19-41-63)121-94-81(118-91(104)69-52-30-10-31-53-69)77(116-89(102)67-48-26-8-27-49-67)74(113-86(99)64-42-20-5-21-43-64)72(111-94)58-107-84(97)62-38-16-3-17-39-62/h1-55,71-82,93-95H,56-59H2/t71-,72-,73-,74-,75-,76-,77+,78+,79+,80+,81+,82+,93+,94-,95-/m1/s1. The summed E-state index contributed by atoms with van der Waals surface area (Å²) >= 11 is 0. The zero-order valence-corrected chi connectivity index (χ0v) is 64.4. The smallest absolute Gasteiger partial charge is 0.338 e. The fourth-order valence-corrected chi connectivity index (χ4v) is 13.5. The van der Waals surface area contributed by atoms with E-state index in [-0.39, 0.29) is 62.2 Å². The third kappa shape index (κ3) is 21.6. The lowest BCUT2D eigenvalue weighted by Crippen LogP contribution is -2.69. The molecule has 3 saturated heterocycles. The van der Waals surface area contributed by atoms with Crippen LogP contribution < -0.4 is 0 Å². The van der Waals surface area contributed by atoms with E-state index >= 15 is 28.8 Å². The van der Waals surface area contributed by atoms with Crippen molar-refractivity contribution >= 4 is 59.7 Å². The van der Waals surface area contributed by atoms with E-state index in [1.54, 1.807) is 164 Å². The van der Waals surface area contributed by atoms with Crippen molar-refractivity contribution in [2.75, 3.05) is 19.8 Å². The molecule has 14 rings (SSSR count). The first kappa shape index (κ1) is 83.4. The van der Waals surface area contributed by atoms with Gasteiger partial charge in [-0.3, -0.25) is 0 Å². The second-order valence-electron chi connectivity index (χ2n) is 27.7. The van der Waals surface area contributed by atoms with Gasteiger partial charge in [0.2, 0.25) is 0 Å². The number of carbonyl (C=O) groups excluding carboxylic acids is 10. The molecule has 0 spiro atoms. The molecule has 11 aromatic carbocycles. The molecule has 15 atom stereocenters. The maximum absolute atomic E-state index is 15.7. The second-order valence-corrected chi connectivity index (χ2v) is 27.7. The fourth-order valence-electron chi connectivity index (χ4n) is 13.5. The monoisotopic (exact) mass is 1630 g/mol. The van der Waals surface area contributed by atoms with Crippen LogP contribution >= 0.6 is 0 Å². The second kappa shape index (κ2) is 40.8. The van der Waals surface area contributed by atoms with Crippen LogP contribution in [-0.4, -0.2) is 172 Å². The van der Waals surface area contributed by atoms with Gasteiger partial charge in [0.15, 0.2) is 61.6 Å². The quantitative estimate of drug-likeness (QED) is 0.0298. The van der Waals surface area contributed by atoms with Crippen LogP contribution in [0.1, 0.15) is 109 Å². The Morgan fingerprint density at radius 1 is 0.198 bits per heavy atom. The van der Waals surface area contributed by atoms with Crippen molar-refractivity contribution in [2.45, 2.75) is 98.7 Å². The minimum absolute atomic E-state index is 0.0107. The van der Waals surface area contributed by atoms with Gasteiger partial charge in [0.05, 0.1) is 62.2 Å². The summed E-state index contributed by atoms with van der Waals surface area (Å²) in [7, 11) is 0. The minimum atomic E-state index is -2.38. The van der Waals surface area contributed by atoms with E-state index in [1.807, 2.05) is 0 Å². The van der Waals surface area contributed by atoms with E-state index in [4.69, 9.17) is 75.8 Å². The van der Waals surface area contributed by atoms with E-state index in [0.29, 0.717) is 5.56 Å². The van der Waals surface area contributed by atoms with Crippen LogP contribution in [-0.2, 0) is 82.4 Å². The normalized spacial score (nSPS) is 22.3. The molecule has 614 valence electrons. The average Bonchev–Trinajstić information content (AvgIpc) is 0.753. The number of hydrogen-bond donors (Lipinski definition) is 0. The number of esters is 10. The van der Waals surface area contributed by atoms with Gasteiger partial charge in [-0.05, 0) is 127 Å². The fraction of sp³-hybridized carbons (Fsp3) is 0.200. The number of hydrogen-bond acceptors (Lipinski definition) is 26. The first-order valence-electron chi connectivity index (χ1n) is 38.6. The van der Waals surface area contributed by atoms with Crippen molar-refractivity contribution in [1.82, 2.24) is 0 Å². The van der Waals surface area contributed by atoms with Gasteiger partial charge in [0.1, 0.15) is 50.3 Å². The highest BCUT2D eigenvalue weighted by molar-refractivity contribution is 5.94. The van der Waals surface area contributed by atoms with Crippen molar-refractivity contribution in [2.24, 2.45) is 0 Å². The third-order valence-electron chi connectivity index (χ3n) is 19.5. The average molecular weight is 1640 g/mol. The number of benzene rings is 11. The molecular weight excluding hydrogens is 1560 g/mol. The lowest BCUT2D eigenvalue weighted by atomic mass is 9.94. The van der Waals surface area contributed by atoms with Gasteiger partial charge in [0, 0.05) is 0 Å². The van der Waals surface area contributed by atoms with Crippen LogP contribution in [0.3, 0.4) is 0 Å². The maximum atomic E-state index is 15.7. The molecule has 0 radical (unpaired) electrons. The molecule has 0 N–H and O–H groups in total. The molecule has 3 fully saturated rings. The van der Waals surface area contributed by atoms with Gasteiger partial charge in [0.25, 0.3) is 0 Å². The van der Waals surface area contributed by atoms with E-state index in [2.05, 4.69) is 0 Å². The van der Waals surface area contributed by atoms with Gasteiger partial charge in [-0.2, -0.15) is 0 Å². The molecule has 0 bridgehead atoms. The molecular formula is C95H78O26. The number of ether oxygens (including phenoxy) is 16. The van der Waals surface area contributed by atoms with Crippen LogP contribution in [0.5, 0.6) is 0 Å². The van der Waals surface area contributed by atoms with Crippen LogP contribution in [0.2, 0.25) is 0 Å². The summed E-state index contributed by atoms with van der Waals surface area (Å²) in [4.78, 5) is 150. The molecule has 26 nitrogen and oxygen atoms in total. The Labute approximate surface area is 693 Å². The largest absolute Gasteiger partial charge is 0.459 e. The summed E-state index contributed by atoms with van der Waals surface area (Å²) in [5.41, 5.74) is 0.110. The predicted octanol–water partition coefficient (Wildman–Crippen LogP) is 13.3. The Hall–Kier alpha value is -14.1. The van der Waals surface area contributed by atoms with E-state index < -0.39 is 172 Å². The first-order valence-corrected chi connectivity index (χ1v) is 38.6. The molecule has 3 heterocycles. The van der Waals surface area contributed by atoms with Crippen LogP contribution in [0, 0.1) is 0 Å². The third-order valence-corrected chi connectivity index (χ3v) is 19.5. The van der Waals surface area contributed by atoms with Crippen molar-refractivity contribution in [3.05, 3.63) is 395 Å². The Morgan fingerprint density at radius 2 is 0.380 bits per heavy atom. The Balaban J connectivity index is 0.989. The first-order chi connectivity index (χ1) is 59.2. The zero-order valence-electron chi connectivity index (χ0n) is 64.4. The van der Waals surface area contributed by atoms with E-state index in [1.165, 1.54) is 170 Å². The highest BCUT2D eigenvalue weighted by Crippen LogP contribution is 2.41. The topological polar surface area (TPSA) is 318 Å². The number of rotatable bonds is 30. The zero-order chi connectivity index (χ0) is 83.8. The Bertz CT molecular complexity index is 5280. The summed E-state index contributed by atoms with van der Waals surface area (Å²) in [6, 6.07) is 84.8. The molecule has 0 amide bonds. The van der Waals surface area contributed by atoms with Gasteiger partial charge in [-0.1, -0.05) is 212 Å². The molecule has 3 aliphatic rings. The lowest BCUT2D eigenvalue weighted by molar-refractivity contribution is -0.378. The molecule has 26 heteroatoms. The van der Waals surface area contributed by atoms with Gasteiger partial charge in [-0.15, -0.1) is 0 Å². The summed E-state index contributed by atoms with van der Waals surface area (Å²) in [5.74, 6) is -10.5. The maximum Gasteiger partial charge on any atom is 0.338 e. The summed E-state index contributed by atoms with van der Waals surface area (Å²) < 4.78 is 107. The van der Waals surface area contributed by atoms with Crippen molar-refractivity contribution in [3.8, 4) is 0 Å². The molecule has 121 heavy (non-hydrogen) atoms. The molecule has 0 saturated carbocycles. The van der Waals surface area contributed by atoms with E-state index in [0.717, 1.165) is 0 Å². The van der Waals surface area contributed by atoms with Crippen molar-refractivity contribution < 1.29 is 124 Å². The SMILES string of the molecule is O=C(OC[C@H]1O[C@H](O[C@@H]2[C@H](OC(=O)c3ccccc3)[C@@H](O[C@@H]3[C@H](OC(=O)c4ccccc4)[C@@H](OCc4ccccc4)O[C@H](COC(=O)c4ccccc4)[C@H]3OC(=O)c3ccccc3)O[C@H](COC(=O)c3ccccc3)[C@H]2OC(=O)c2ccccc2)[C@@H](OC(=O)c2ccccc2)[C@@H](OC(=O)c2ccccc2)[C@@H]1OC(=O)c1ccccc1)c1ccccc1. The van der Waals surface area contributed by atoms with E-state index in [9.17, 15) is 19.2 Å². The molecule has 11 aromatic rings. The van der Waals surface area contributed by atoms with Gasteiger partial charge >= 0.3 is 59.7 Å². The van der Waals surface area contributed by atoms with Crippen LogP contribution in [0.15, 0.2) is 334 Å².